The minimum atomic E-state index is -1.40. The van der Waals surface area contributed by atoms with Gasteiger partial charge in [0.15, 0.2) is 29.0 Å². The zero-order valence-electron chi connectivity index (χ0n) is 21.2. The van der Waals surface area contributed by atoms with Crippen molar-refractivity contribution in [1.82, 2.24) is 5.16 Å². The number of hydrogen-bond acceptors (Lipinski definition) is 6. The lowest BCUT2D eigenvalue weighted by molar-refractivity contribution is -0.959. The quantitative estimate of drug-likeness (QED) is 0.357. The molecule has 3 fully saturated rings. The van der Waals surface area contributed by atoms with Crippen LogP contribution in [0.2, 0.25) is 0 Å². The summed E-state index contributed by atoms with van der Waals surface area (Å²) in [6.45, 7) is 4.07. The molecule has 0 saturated carbocycles. The Labute approximate surface area is 221 Å². The summed E-state index contributed by atoms with van der Waals surface area (Å²) < 4.78 is 24.3. The summed E-state index contributed by atoms with van der Waals surface area (Å²) in [6, 6.07) is 27.1. The van der Waals surface area contributed by atoms with Crippen LogP contribution in [0.1, 0.15) is 35.4 Å². The molecule has 1 N–H and O–H groups in total. The summed E-state index contributed by atoms with van der Waals surface area (Å²) >= 11 is 0. The Hall–Kier alpha value is -3.81. The van der Waals surface area contributed by atoms with E-state index in [1.165, 1.54) is 0 Å². The molecule has 8 rings (SSSR count). The first-order chi connectivity index (χ1) is 18.6. The standard InChI is InChI=1S/C31H31N2O5/c34-31(23-7-3-1-4-8-23,24-9-5-2-6-10-24)30-18-26(38-32-30)19-33-15-13-22(14-16-33)29(20-33)37-25-11-12-27-28(17-25)36-21-35-27/h1-12,17-18,22,29,34H,13-16,19-21H2/q+1/t22?,29-,33?/m0/s1. The molecule has 194 valence electrons. The summed E-state index contributed by atoms with van der Waals surface area (Å²) in [6.07, 6.45) is 2.37. The Morgan fingerprint density at radius 2 is 1.55 bits per heavy atom. The van der Waals surface area contributed by atoms with Crippen molar-refractivity contribution in [3.63, 3.8) is 0 Å². The summed E-state index contributed by atoms with van der Waals surface area (Å²) in [7, 11) is 0. The highest BCUT2D eigenvalue weighted by Crippen LogP contribution is 2.41. The van der Waals surface area contributed by atoms with Crippen LogP contribution in [0.25, 0.3) is 0 Å². The Morgan fingerprint density at radius 1 is 0.868 bits per heavy atom. The number of rotatable bonds is 7. The zero-order valence-corrected chi connectivity index (χ0v) is 21.2. The molecule has 7 nitrogen and oxygen atoms in total. The molecule has 1 atom stereocenters. The second-order valence-corrected chi connectivity index (χ2v) is 10.8. The number of fused-ring (bicyclic) bond motifs is 4. The SMILES string of the molecule is OC(c1ccccc1)(c1ccccc1)c1cc(C[N+]23CCC(CC2)[C@@H](Oc2ccc4c(c2)OCO4)C3)on1. The molecule has 3 aromatic carbocycles. The summed E-state index contributed by atoms with van der Waals surface area (Å²) in [5, 5.41) is 16.5. The van der Waals surface area contributed by atoms with Crippen LogP contribution in [0, 0.1) is 5.92 Å². The van der Waals surface area contributed by atoms with Gasteiger partial charge in [0.25, 0.3) is 0 Å². The van der Waals surface area contributed by atoms with Gasteiger partial charge in [-0.25, -0.2) is 0 Å². The molecule has 4 aromatic rings. The van der Waals surface area contributed by atoms with Gasteiger partial charge >= 0.3 is 0 Å². The first-order valence-electron chi connectivity index (χ1n) is 13.3. The van der Waals surface area contributed by atoms with Crippen LogP contribution in [0.5, 0.6) is 17.2 Å². The summed E-state index contributed by atoms with van der Waals surface area (Å²) in [4.78, 5) is 0. The second-order valence-electron chi connectivity index (χ2n) is 10.8. The van der Waals surface area contributed by atoms with Gasteiger partial charge in [0.05, 0.1) is 13.1 Å². The first-order valence-corrected chi connectivity index (χ1v) is 13.3. The molecule has 7 heteroatoms. The van der Waals surface area contributed by atoms with Gasteiger partial charge in [0, 0.05) is 30.9 Å². The fourth-order valence-corrected chi connectivity index (χ4v) is 6.41. The molecule has 3 saturated heterocycles. The molecule has 0 aliphatic carbocycles. The number of ether oxygens (including phenoxy) is 3. The molecule has 0 spiro atoms. The number of nitrogens with zero attached hydrogens (tertiary/aromatic N) is 2. The van der Waals surface area contributed by atoms with E-state index in [2.05, 4.69) is 5.16 Å². The number of quaternary nitrogens is 1. The van der Waals surface area contributed by atoms with E-state index in [-0.39, 0.29) is 12.9 Å². The lowest BCUT2D eigenvalue weighted by atomic mass is 9.82. The molecule has 0 amide bonds. The van der Waals surface area contributed by atoms with E-state index in [1.54, 1.807) is 0 Å². The second kappa shape index (κ2) is 9.19. The lowest BCUT2D eigenvalue weighted by Crippen LogP contribution is -2.64. The highest BCUT2D eigenvalue weighted by Gasteiger charge is 2.48. The highest BCUT2D eigenvalue weighted by atomic mass is 16.7. The normalized spacial score (nSPS) is 23.9. The molecule has 0 radical (unpaired) electrons. The van der Waals surface area contributed by atoms with E-state index in [1.807, 2.05) is 84.9 Å². The van der Waals surface area contributed by atoms with Crippen LogP contribution in [0.15, 0.2) is 89.5 Å². The minimum absolute atomic E-state index is 0.130. The molecule has 38 heavy (non-hydrogen) atoms. The van der Waals surface area contributed by atoms with Crippen molar-refractivity contribution in [3.05, 3.63) is 108 Å². The van der Waals surface area contributed by atoms with Crippen molar-refractivity contribution in [3.8, 4) is 17.2 Å². The van der Waals surface area contributed by atoms with Crippen LogP contribution in [0.3, 0.4) is 0 Å². The monoisotopic (exact) mass is 511 g/mol. The van der Waals surface area contributed by atoms with E-state index < -0.39 is 5.60 Å². The number of hydrogen-bond donors (Lipinski definition) is 1. The average molecular weight is 512 g/mol. The Bertz CT molecular complexity index is 1370. The first kappa shape index (κ1) is 23.3. The third-order valence-corrected chi connectivity index (χ3v) is 8.48. The Morgan fingerprint density at radius 3 is 2.26 bits per heavy atom. The minimum Gasteiger partial charge on any atom is -0.484 e. The molecule has 1 aromatic heterocycles. The molecule has 4 aliphatic heterocycles. The van der Waals surface area contributed by atoms with Gasteiger partial charge in [-0.1, -0.05) is 65.8 Å². The molecule has 2 bridgehead atoms. The Kier molecular flexibility index (Phi) is 5.64. The fraction of sp³-hybridized carbons (Fsp3) is 0.323. The van der Waals surface area contributed by atoms with Gasteiger partial charge in [-0.3, -0.25) is 0 Å². The fourth-order valence-electron chi connectivity index (χ4n) is 6.41. The van der Waals surface area contributed by atoms with Gasteiger partial charge in [0.2, 0.25) is 6.79 Å². The number of aliphatic hydroxyl groups is 1. The molecule has 4 aliphatic rings. The largest absolute Gasteiger partial charge is 0.484 e. The van der Waals surface area contributed by atoms with Gasteiger partial charge in [0.1, 0.15) is 24.5 Å². The van der Waals surface area contributed by atoms with Crippen LogP contribution in [-0.4, -0.2) is 47.3 Å². The van der Waals surface area contributed by atoms with Crippen LogP contribution >= 0.6 is 0 Å². The number of aromatic nitrogens is 1. The van der Waals surface area contributed by atoms with E-state index in [4.69, 9.17) is 18.7 Å². The summed E-state index contributed by atoms with van der Waals surface area (Å²) in [5.74, 6) is 3.66. The van der Waals surface area contributed by atoms with Gasteiger partial charge in [-0.2, -0.15) is 0 Å². The molecular formula is C31H31N2O5+. The van der Waals surface area contributed by atoms with E-state index in [9.17, 15) is 5.11 Å². The number of piperidine rings is 3. The van der Waals surface area contributed by atoms with E-state index in [0.29, 0.717) is 11.6 Å². The third kappa shape index (κ3) is 4.03. The van der Waals surface area contributed by atoms with Crippen molar-refractivity contribution in [2.75, 3.05) is 26.4 Å². The Balaban J connectivity index is 1.13. The van der Waals surface area contributed by atoms with E-state index >= 15 is 0 Å². The van der Waals surface area contributed by atoms with Crippen molar-refractivity contribution in [2.24, 2.45) is 5.92 Å². The topological polar surface area (TPSA) is 74.0 Å². The maximum atomic E-state index is 12.1. The zero-order chi connectivity index (χ0) is 25.6. The number of benzene rings is 3. The average Bonchev–Trinajstić information content (AvgIpc) is 3.64. The predicted molar refractivity (Wildman–Crippen MR) is 140 cm³/mol. The summed E-state index contributed by atoms with van der Waals surface area (Å²) in [5.41, 5.74) is 0.621. The van der Waals surface area contributed by atoms with Crippen molar-refractivity contribution < 1.29 is 28.3 Å². The highest BCUT2D eigenvalue weighted by molar-refractivity contribution is 5.47. The molecule has 0 unspecified atom stereocenters. The third-order valence-electron chi connectivity index (χ3n) is 8.48. The van der Waals surface area contributed by atoms with E-state index in [0.717, 1.165) is 77.6 Å². The van der Waals surface area contributed by atoms with Crippen molar-refractivity contribution in [2.45, 2.75) is 31.1 Å². The lowest BCUT2D eigenvalue weighted by Gasteiger charge is -2.51. The van der Waals surface area contributed by atoms with Crippen molar-refractivity contribution >= 4 is 0 Å². The predicted octanol–water partition coefficient (Wildman–Crippen LogP) is 4.88. The van der Waals surface area contributed by atoms with Crippen LogP contribution in [0.4, 0.5) is 0 Å². The van der Waals surface area contributed by atoms with Gasteiger partial charge in [-0.05, 0) is 23.3 Å². The van der Waals surface area contributed by atoms with Crippen LogP contribution < -0.4 is 14.2 Å². The maximum absolute atomic E-state index is 12.1. The van der Waals surface area contributed by atoms with Crippen LogP contribution in [-0.2, 0) is 12.1 Å². The molecule has 5 heterocycles. The smallest absolute Gasteiger partial charge is 0.231 e. The van der Waals surface area contributed by atoms with Crippen molar-refractivity contribution in [1.29, 1.82) is 0 Å². The maximum Gasteiger partial charge on any atom is 0.231 e. The van der Waals surface area contributed by atoms with Gasteiger partial charge < -0.3 is 28.3 Å². The molecular weight excluding hydrogens is 480 g/mol. The van der Waals surface area contributed by atoms with Gasteiger partial charge in [-0.15, -0.1) is 0 Å².